The summed E-state index contributed by atoms with van der Waals surface area (Å²) in [6.45, 7) is 0. The van der Waals surface area contributed by atoms with E-state index in [4.69, 9.17) is 27.9 Å². The molecule has 0 amide bonds. The maximum Gasteiger partial charge on any atom is 0.263 e. The third-order valence-corrected chi connectivity index (χ3v) is 4.30. The summed E-state index contributed by atoms with van der Waals surface area (Å²) in [5.74, 6) is 0.461. The topological polar surface area (TPSA) is 68.3 Å². The lowest BCUT2D eigenvalue weighted by Gasteiger charge is -2.09. The van der Waals surface area contributed by atoms with Crippen molar-refractivity contribution in [3.63, 3.8) is 0 Å². The number of pyridine rings is 1. The highest BCUT2D eigenvalue weighted by Gasteiger charge is 2.15. The molecule has 0 unspecified atom stereocenters. The summed E-state index contributed by atoms with van der Waals surface area (Å²) in [5, 5.41) is 0.526. The van der Waals surface area contributed by atoms with Crippen LogP contribution in [-0.2, 0) is 10.0 Å². The smallest absolute Gasteiger partial charge is 0.263 e. The molecule has 8 heteroatoms. The van der Waals surface area contributed by atoms with Crippen molar-refractivity contribution in [2.45, 2.75) is 4.90 Å². The molecule has 1 N–H and O–H groups in total. The minimum Gasteiger partial charge on any atom is -0.495 e. The van der Waals surface area contributed by atoms with Crippen molar-refractivity contribution < 1.29 is 13.2 Å². The van der Waals surface area contributed by atoms with Crippen LogP contribution >= 0.6 is 23.2 Å². The van der Waals surface area contributed by atoms with Crippen LogP contribution in [0.2, 0.25) is 10.2 Å². The van der Waals surface area contributed by atoms with Gasteiger partial charge in [0.15, 0.2) is 0 Å². The number of methoxy groups -OCH3 is 1. The van der Waals surface area contributed by atoms with Crippen molar-refractivity contribution in [2.24, 2.45) is 0 Å². The van der Waals surface area contributed by atoms with Gasteiger partial charge in [-0.15, -0.1) is 0 Å². The van der Waals surface area contributed by atoms with Gasteiger partial charge in [0.2, 0.25) is 0 Å². The summed E-state index contributed by atoms with van der Waals surface area (Å²) in [7, 11) is -2.26. The Bertz CT molecular complexity index is 718. The summed E-state index contributed by atoms with van der Waals surface area (Å²) >= 11 is 11.6. The zero-order valence-electron chi connectivity index (χ0n) is 10.3. The molecule has 1 aromatic heterocycles. The molecule has 0 bridgehead atoms. The molecule has 2 rings (SSSR count). The van der Waals surface area contributed by atoms with E-state index in [-0.39, 0.29) is 10.0 Å². The maximum atomic E-state index is 12.1. The van der Waals surface area contributed by atoms with Gasteiger partial charge in [-0.05, 0) is 30.3 Å². The summed E-state index contributed by atoms with van der Waals surface area (Å²) < 4.78 is 31.6. The summed E-state index contributed by atoms with van der Waals surface area (Å²) in [6, 6.07) is 7.34. The van der Waals surface area contributed by atoms with Crippen molar-refractivity contribution in [3.8, 4) is 5.75 Å². The van der Waals surface area contributed by atoms with Crippen molar-refractivity contribution in [2.75, 3.05) is 11.8 Å². The van der Waals surface area contributed by atoms with E-state index in [2.05, 4.69) is 9.71 Å². The Morgan fingerprint density at radius 2 is 1.95 bits per heavy atom. The van der Waals surface area contributed by atoms with Gasteiger partial charge in [-0.2, -0.15) is 0 Å². The first-order chi connectivity index (χ1) is 9.42. The normalized spacial score (nSPS) is 11.2. The second-order valence-corrected chi connectivity index (χ2v) is 6.25. The Hall–Kier alpha value is -1.50. The van der Waals surface area contributed by atoms with E-state index in [9.17, 15) is 8.42 Å². The zero-order chi connectivity index (χ0) is 14.8. The Balaban J connectivity index is 2.28. The molecule has 20 heavy (non-hydrogen) atoms. The summed E-state index contributed by atoms with van der Waals surface area (Å²) in [5.41, 5.74) is 0.325. The Kier molecular flexibility index (Phi) is 4.37. The first-order valence-electron chi connectivity index (χ1n) is 5.40. The Morgan fingerprint density at radius 3 is 2.50 bits per heavy atom. The number of benzene rings is 1. The van der Waals surface area contributed by atoms with Crippen molar-refractivity contribution in [1.29, 1.82) is 0 Å². The quantitative estimate of drug-likeness (QED) is 0.873. The van der Waals surface area contributed by atoms with Crippen molar-refractivity contribution in [1.82, 2.24) is 4.98 Å². The third kappa shape index (κ3) is 3.33. The molecule has 0 fully saturated rings. The lowest BCUT2D eigenvalue weighted by molar-refractivity contribution is 0.415. The van der Waals surface area contributed by atoms with Crippen LogP contribution < -0.4 is 9.46 Å². The van der Waals surface area contributed by atoms with Gasteiger partial charge in [0.25, 0.3) is 10.0 Å². The molecular weight excluding hydrogens is 323 g/mol. The highest BCUT2D eigenvalue weighted by Crippen LogP contribution is 2.28. The van der Waals surface area contributed by atoms with Crippen LogP contribution in [0.5, 0.6) is 5.75 Å². The van der Waals surface area contributed by atoms with Gasteiger partial charge in [-0.25, -0.2) is 13.4 Å². The number of anilines is 1. The van der Waals surface area contributed by atoms with E-state index in [0.29, 0.717) is 16.5 Å². The fourth-order valence-electron chi connectivity index (χ4n) is 1.47. The molecule has 106 valence electrons. The average molecular weight is 333 g/mol. The number of halogens is 2. The molecule has 1 aromatic carbocycles. The largest absolute Gasteiger partial charge is 0.495 e. The number of aromatic nitrogens is 1. The summed E-state index contributed by atoms with van der Waals surface area (Å²) in [4.78, 5) is 3.74. The molecule has 0 radical (unpaired) electrons. The van der Waals surface area contributed by atoms with Gasteiger partial charge in [-0.3, -0.25) is 4.72 Å². The zero-order valence-corrected chi connectivity index (χ0v) is 12.6. The lowest BCUT2D eigenvalue weighted by Crippen LogP contribution is -2.13. The molecule has 5 nitrogen and oxygen atoms in total. The van der Waals surface area contributed by atoms with E-state index in [1.165, 1.54) is 31.5 Å². The molecule has 0 spiro atoms. The molecule has 2 aromatic rings. The third-order valence-electron chi connectivity index (χ3n) is 2.41. The number of rotatable bonds is 4. The molecular formula is C12H10Cl2N2O3S. The maximum absolute atomic E-state index is 12.1. The molecule has 1 heterocycles. The monoisotopic (exact) mass is 332 g/mol. The van der Waals surface area contributed by atoms with E-state index in [1.54, 1.807) is 12.1 Å². The molecule has 0 aliphatic rings. The first-order valence-corrected chi connectivity index (χ1v) is 7.64. The van der Waals surface area contributed by atoms with E-state index >= 15 is 0 Å². The van der Waals surface area contributed by atoms with Crippen LogP contribution in [0.1, 0.15) is 0 Å². The first kappa shape index (κ1) is 14.9. The highest BCUT2D eigenvalue weighted by atomic mass is 35.5. The van der Waals surface area contributed by atoms with E-state index in [0.717, 1.165) is 0 Å². The molecule has 0 aliphatic heterocycles. The second kappa shape index (κ2) is 5.87. The molecule has 0 aliphatic carbocycles. The SMILES string of the molecule is COc1ccc(NS(=O)(=O)c2ccc(Cl)nc2)cc1Cl. The van der Waals surface area contributed by atoms with Crippen LogP contribution in [0.3, 0.4) is 0 Å². The van der Waals surface area contributed by atoms with E-state index < -0.39 is 10.0 Å². The second-order valence-electron chi connectivity index (χ2n) is 3.77. The predicted octanol–water partition coefficient (Wildman–Crippen LogP) is 3.20. The molecule has 0 saturated carbocycles. The molecule has 0 saturated heterocycles. The Morgan fingerprint density at radius 1 is 1.20 bits per heavy atom. The Labute approximate surface area is 126 Å². The number of hydrogen-bond acceptors (Lipinski definition) is 4. The fraction of sp³-hybridized carbons (Fsp3) is 0.0833. The number of hydrogen-bond donors (Lipinski definition) is 1. The van der Waals surface area contributed by atoms with Crippen LogP contribution in [0.25, 0.3) is 0 Å². The number of nitrogens with one attached hydrogen (secondary N) is 1. The lowest BCUT2D eigenvalue weighted by atomic mass is 10.3. The van der Waals surface area contributed by atoms with Crippen molar-refractivity contribution in [3.05, 3.63) is 46.7 Å². The van der Waals surface area contributed by atoms with Gasteiger partial charge in [0.1, 0.15) is 15.8 Å². The van der Waals surface area contributed by atoms with Gasteiger partial charge < -0.3 is 4.74 Å². The minimum absolute atomic E-state index is 0.00819. The summed E-state index contributed by atoms with van der Waals surface area (Å²) in [6.07, 6.45) is 1.18. The van der Waals surface area contributed by atoms with Gasteiger partial charge >= 0.3 is 0 Å². The van der Waals surface area contributed by atoms with E-state index in [1.807, 2.05) is 0 Å². The standard InChI is InChI=1S/C12H10Cl2N2O3S/c1-19-11-4-2-8(6-10(11)13)16-20(17,18)9-3-5-12(14)15-7-9/h2-7,16H,1H3. The number of ether oxygens (including phenoxy) is 1. The average Bonchev–Trinajstić information content (AvgIpc) is 2.39. The van der Waals surface area contributed by atoms with Crippen molar-refractivity contribution >= 4 is 38.9 Å². The number of nitrogens with zero attached hydrogens (tertiary/aromatic N) is 1. The minimum atomic E-state index is -3.74. The van der Waals surface area contributed by atoms with Crippen LogP contribution in [0.4, 0.5) is 5.69 Å². The van der Waals surface area contributed by atoms with Crippen LogP contribution in [0, 0.1) is 0 Å². The van der Waals surface area contributed by atoms with Gasteiger partial charge in [0, 0.05) is 6.20 Å². The van der Waals surface area contributed by atoms with Gasteiger partial charge in [0.05, 0.1) is 17.8 Å². The molecule has 0 atom stereocenters. The fourth-order valence-corrected chi connectivity index (χ4v) is 2.83. The van der Waals surface area contributed by atoms with Crippen LogP contribution in [0.15, 0.2) is 41.4 Å². The number of sulfonamides is 1. The van der Waals surface area contributed by atoms with Gasteiger partial charge in [-0.1, -0.05) is 23.2 Å². The predicted molar refractivity (Wildman–Crippen MR) is 78.1 cm³/mol. The van der Waals surface area contributed by atoms with Crippen LogP contribution in [-0.4, -0.2) is 20.5 Å². The highest BCUT2D eigenvalue weighted by molar-refractivity contribution is 7.92.